The first-order valence-corrected chi connectivity index (χ1v) is 12.6. The molecule has 0 unspecified atom stereocenters. The molecule has 178 valence electrons. The number of benzene rings is 3. The minimum Gasteiger partial charge on any atom is -0.451 e. The summed E-state index contributed by atoms with van der Waals surface area (Å²) in [6.07, 6.45) is 1.19. The van der Waals surface area contributed by atoms with Gasteiger partial charge in [-0.3, -0.25) is 9.79 Å². The predicted molar refractivity (Wildman–Crippen MR) is 139 cm³/mol. The van der Waals surface area contributed by atoms with Crippen LogP contribution in [0.1, 0.15) is 43.6 Å². The molecule has 0 spiro atoms. The molecule has 35 heavy (non-hydrogen) atoms. The molecule has 2 saturated heterocycles. The second kappa shape index (κ2) is 9.00. The zero-order chi connectivity index (χ0) is 24.6. The number of aliphatic imine (C=N–C) groups is 1. The van der Waals surface area contributed by atoms with E-state index < -0.39 is 28.4 Å². The van der Waals surface area contributed by atoms with Crippen molar-refractivity contribution in [3.05, 3.63) is 108 Å². The molecule has 3 atom stereocenters. The first-order chi connectivity index (χ1) is 16.8. The highest BCUT2D eigenvalue weighted by Crippen LogP contribution is 2.56. The maximum absolute atomic E-state index is 13.7. The Hall–Kier alpha value is -3.38. The SMILES string of the molecule is CC1(C)S[C@H]2N(C(=O)[C@]2(C)N=Cc2ccccc2)[C@H]1C(=O)OC(c1ccccc1)c1ccccc1. The van der Waals surface area contributed by atoms with E-state index in [1.165, 1.54) is 0 Å². The Kier molecular flexibility index (Phi) is 6.01. The third kappa shape index (κ3) is 4.16. The molecule has 0 saturated carbocycles. The Bertz CT molecular complexity index is 1210. The zero-order valence-electron chi connectivity index (χ0n) is 20.0. The number of ether oxygens (including phenoxy) is 1. The summed E-state index contributed by atoms with van der Waals surface area (Å²) in [5, 5.41) is -0.227. The summed E-state index contributed by atoms with van der Waals surface area (Å²) < 4.78 is 5.64. The fourth-order valence-electron chi connectivity index (χ4n) is 4.82. The Morgan fingerprint density at radius 3 is 1.97 bits per heavy atom. The number of hydrogen-bond donors (Lipinski definition) is 0. The lowest BCUT2D eigenvalue weighted by molar-refractivity contribution is -0.169. The number of thioether (sulfide) groups is 1. The van der Waals surface area contributed by atoms with Gasteiger partial charge >= 0.3 is 5.97 Å². The van der Waals surface area contributed by atoms with Gasteiger partial charge in [-0.2, -0.15) is 0 Å². The van der Waals surface area contributed by atoms with Crippen LogP contribution in [-0.4, -0.2) is 44.7 Å². The summed E-state index contributed by atoms with van der Waals surface area (Å²) in [5.74, 6) is -0.546. The average molecular weight is 485 g/mol. The second-order valence-corrected chi connectivity index (χ2v) is 11.4. The minimum atomic E-state index is -0.912. The normalized spacial score (nSPS) is 24.9. The van der Waals surface area contributed by atoms with E-state index in [1.807, 2.05) is 112 Å². The Labute approximate surface area is 210 Å². The van der Waals surface area contributed by atoms with Crippen LogP contribution in [0.2, 0.25) is 0 Å². The van der Waals surface area contributed by atoms with Gasteiger partial charge in [0.25, 0.3) is 5.91 Å². The molecule has 0 N–H and O–H groups in total. The van der Waals surface area contributed by atoms with Crippen LogP contribution < -0.4 is 0 Å². The highest BCUT2D eigenvalue weighted by molar-refractivity contribution is 8.01. The zero-order valence-corrected chi connectivity index (χ0v) is 20.8. The number of β-lactam (4-membered cyclic amide) rings is 1. The van der Waals surface area contributed by atoms with Crippen molar-refractivity contribution in [2.75, 3.05) is 0 Å². The molecule has 2 fully saturated rings. The summed E-state index contributed by atoms with van der Waals surface area (Å²) >= 11 is 1.61. The number of rotatable bonds is 6. The molecule has 3 aromatic carbocycles. The van der Waals surface area contributed by atoms with Gasteiger partial charge < -0.3 is 9.64 Å². The van der Waals surface area contributed by atoms with Gasteiger partial charge in [0.1, 0.15) is 11.4 Å². The van der Waals surface area contributed by atoms with Gasteiger partial charge in [0.15, 0.2) is 11.6 Å². The van der Waals surface area contributed by atoms with E-state index in [9.17, 15) is 9.59 Å². The summed E-state index contributed by atoms with van der Waals surface area (Å²) in [4.78, 5) is 33.4. The largest absolute Gasteiger partial charge is 0.451 e. The molecular formula is C29H28N2O3S. The molecule has 2 aliphatic heterocycles. The minimum absolute atomic E-state index is 0.148. The molecule has 0 bridgehead atoms. The molecule has 5 nitrogen and oxygen atoms in total. The number of carbonyl (C=O) groups excluding carboxylic acids is 2. The lowest BCUT2D eigenvalue weighted by atomic mass is 9.86. The van der Waals surface area contributed by atoms with Crippen molar-refractivity contribution in [1.82, 2.24) is 4.90 Å². The van der Waals surface area contributed by atoms with E-state index >= 15 is 0 Å². The Balaban J connectivity index is 1.40. The molecule has 0 aromatic heterocycles. The van der Waals surface area contributed by atoms with Crippen LogP contribution >= 0.6 is 11.8 Å². The van der Waals surface area contributed by atoms with Crippen LogP contribution in [-0.2, 0) is 14.3 Å². The third-order valence-electron chi connectivity index (χ3n) is 6.70. The van der Waals surface area contributed by atoms with Gasteiger partial charge in [0, 0.05) is 11.0 Å². The van der Waals surface area contributed by atoms with E-state index in [1.54, 1.807) is 22.9 Å². The molecule has 2 heterocycles. The monoisotopic (exact) mass is 484 g/mol. The fraction of sp³-hybridized carbons (Fsp3) is 0.276. The topological polar surface area (TPSA) is 59.0 Å². The van der Waals surface area contributed by atoms with E-state index in [2.05, 4.69) is 4.99 Å². The van der Waals surface area contributed by atoms with Gasteiger partial charge in [-0.15, -0.1) is 11.8 Å². The average Bonchev–Trinajstić information content (AvgIpc) is 3.16. The fourth-order valence-corrected chi connectivity index (χ4v) is 6.45. The highest BCUT2D eigenvalue weighted by atomic mass is 32.2. The maximum Gasteiger partial charge on any atom is 0.331 e. The lowest BCUT2D eigenvalue weighted by Crippen LogP contribution is -2.71. The summed E-state index contributed by atoms with van der Waals surface area (Å²) in [6.45, 7) is 5.84. The number of fused-ring (bicyclic) bond motifs is 1. The van der Waals surface area contributed by atoms with Crippen LogP contribution in [0.5, 0.6) is 0 Å². The standard InChI is InChI=1S/C29H28N2O3S/c1-28(2)24(25(32)34-23(21-15-9-5-10-16-21)22-17-11-6-12-18-22)31-26(33)29(3,27(31)35-28)30-19-20-13-7-4-8-14-20/h4-19,23-24,27H,1-3H3/t24-,27+,29-/m0/s1. The predicted octanol–water partition coefficient (Wildman–Crippen LogP) is 5.26. The first kappa shape index (κ1) is 23.4. The highest BCUT2D eigenvalue weighted by Gasteiger charge is 2.70. The molecule has 5 rings (SSSR count). The van der Waals surface area contributed by atoms with Gasteiger partial charge in [0.2, 0.25) is 0 Å². The Morgan fingerprint density at radius 2 is 1.43 bits per heavy atom. The first-order valence-electron chi connectivity index (χ1n) is 11.7. The van der Waals surface area contributed by atoms with Crippen molar-refractivity contribution in [3.63, 3.8) is 0 Å². The van der Waals surface area contributed by atoms with Crippen LogP contribution in [0, 0.1) is 0 Å². The third-order valence-corrected chi connectivity index (χ3v) is 8.44. The van der Waals surface area contributed by atoms with Gasteiger partial charge in [-0.05, 0) is 37.5 Å². The van der Waals surface area contributed by atoms with Crippen LogP contribution in [0.4, 0.5) is 0 Å². The summed E-state index contributed by atoms with van der Waals surface area (Å²) in [5.41, 5.74) is 1.80. The molecular weight excluding hydrogens is 456 g/mol. The van der Waals surface area contributed by atoms with Crippen molar-refractivity contribution in [2.24, 2.45) is 4.99 Å². The maximum atomic E-state index is 13.7. The smallest absolute Gasteiger partial charge is 0.331 e. The van der Waals surface area contributed by atoms with Crippen LogP contribution in [0.25, 0.3) is 0 Å². The number of hydrogen-bond acceptors (Lipinski definition) is 5. The van der Waals surface area contributed by atoms with Crippen LogP contribution in [0.15, 0.2) is 96.0 Å². The molecule has 0 radical (unpaired) electrons. The van der Waals surface area contributed by atoms with E-state index in [4.69, 9.17) is 4.74 Å². The Morgan fingerprint density at radius 1 is 0.914 bits per heavy atom. The number of esters is 1. The molecule has 1 amide bonds. The van der Waals surface area contributed by atoms with Gasteiger partial charge in [0.05, 0.1) is 0 Å². The lowest BCUT2D eigenvalue weighted by Gasteiger charge is -2.49. The van der Waals surface area contributed by atoms with E-state index in [-0.39, 0.29) is 11.3 Å². The number of amides is 1. The van der Waals surface area contributed by atoms with Crippen molar-refractivity contribution in [2.45, 2.75) is 48.6 Å². The van der Waals surface area contributed by atoms with Crippen molar-refractivity contribution in [1.29, 1.82) is 0 Å². The molecule has 6 heteroatoms. The van der Waals surface area contributed by atoms with Crippen molar-refractivity contribution in [3.8, 4) is 0 Å². The van der Waals surface area contributed by atoms with E-state index in [0.717, 1.165) is 16.7 Å². The van der Waals surface area contributed by atoms with Crippen LogP contribution in [0.3, 0.4) is 0 Å². The van der Waals surface area contributed by atoms with Gasteiger partial charge in [-0.25, -0.2) is 4.79 Å². The van der Waals surface area contributed by atoms with Gasteiger partial charge in [-0.1, -0.05) is 91.0 Å². The van der Waals surface area contributed by atoms with E-state index in [0.29, 0.717) is 0 Å². The quantitative estimate of drug-likeness (QED) is 0.272. The summed E-state index contributed by atoms with van der Waals surface area (Å²) in [7, 11) is 0. The number of nitrogens with zero attached hydrogens (tertiary/aromatic N) is 2. The van der Waals surface area contributed by atoms with Crippen molar-refractivity contribution < 1.29 is 14.3 Å². The molecule has 3 aromatic rings. The second-order valence-electron chi connectivity index (χ2n) is 9.64. The molecule has 2 aliphatic rings. The number of carbonyl (C=O) groups is 2. The van der Waals surface area contributed by atoms with Crippen molar-refractivity contribution >= 4 is 29.9 Å². The molecule has 0 aliphatic carbocycles. The summed E-state index contributed by atoms with van der Waals surface area (Å²) in [6, 6.07) is 28.4.